The van der Waals surface area contributed by atoms with E-state index in [0.29, 0.717) is 0 Å². The third-order valence-corrected chi connectivity index (χ3v) is 3.88. The summed E-state index contributed by atoms with van der Waals surface area (Å²) in [5.41, 5.74) is 2.65. The van der Waals surface area contributed by atoms with Gasteiger partial charge < -0.3 is 4.98 Å². The minimum Gasteiger partial charge on any atom is -0.358 e. The number of rotatable bonds is 0. The van der Waals surface area contributed by atoms with Crippen LogP contribution in [0.3, 0.4) is 0 Å². The van der Waals surface area contributed by atoms with Crippen LogP contribution in [-0.2, 0) is 5.41 Å². The van der Waals surface area contributed by atoms with Crippen LogP contribution in [0.1, 0.15) is 26.5 Å². The summed E-state index contributed by atoms with van der Waals surface area (Å²) in [5, 5.41) is 3.89. The molecule has 0 unspecified atom stereocenters. The molecule has 0 atom stereocenters. The van der Waals surface area contributed by atoms with Crippen LogP contribution in [0.5, 0.6) is 0 Å². The molecule has 2 aromatic carbocycles. The molecule has 2 heteroatoms. The minimum absolute atomic E-state index is 0.150. The van der Waals surface area contributed by atoms with Gasteiger partial charge in [0.2, 0.25) is 0 Å². The molecule has 1 heterocycles. The molecule has 92 valence electrons. The number of H-pyrrole nitrogens is 1. The Labute approximate surface area is 115 Å². The Hall–Kier alpha value is -1.28. The van der Waals surface area contributed by atoms with Gasteiger partial charge in [0.25, 0.3) is 0 Å². The highest BCUT2D eigenvalue weighted by Gasteiger charge is 2.16. The summed E-state index contributed by atoms with van der Waals surface area (Å²) >= 11 is 3.55. The van der Waals surface area contributed by atoms with Gasteiger partial charge in [0, 0.05) is 26.5 Å². The lowest BCUT2D eigenvalue weighted by atomic mass is 9.92. The van der Waals surface area contributed by atoms with E-state index >= 15 is 0 Å². The predicted molar refractivity (Wildman–Crippen MR) is 82.2 cm³/mol. The molecule has 0 aliphatic heterocycles. The second-order valence-electron chi connectivity index (χ2n) is 5.83. The first-order valence-electron chi connectivity index (χ1n) is 6.17. The second kappa shape index (κ2) is 3.86. The minimum atomic E-state index is 0.150. The Morgan fingerprint density at radius 1 is 0.944 bits per heavy atom. The number of hydrogen-bond acceptors (Lipinski definition) is 0. The average Bonchev–Trinajstić information content (AvgIpc) is 2.72. The van der Waals surface area contributed by atoms with Crippen LogP contribution < -0.4 is 0 Å². The van der Waals surface area contributed by atoms with Crippen LogP contribution in [0.15, 0.2) is 40.9 Å². The number of aromatic nitrogens is 1. The van der Waals surface area contributed by atoms with Crippen molar-refractivity contribution >= 4 is 37.6 Å². The molecule has 0 amide bonds. The molecular formula is C16H16BrN. The van der Waals surface area contributed by atoms with Gasteiger partial charge in [-0.25, -0.2) is 0 Å². The van der Waals surface area contributed by atoms with Gasteiger partial charge in [0.05, 0.1) is 0 Å². The van der Waals surface area contributed by atoms with Crippen molar-refractivity contribution in [2.24, 2.45) is 0 Å². The van der Waals surface area contributed by atoms with Crippen LogP contribution >= 0.6 is 15.9 Å². The van der Waals surface area contributed by atoms with Gasteiger partial charge in [-0.2, -0.15) is 0 Å². The van der Waals surface area contributed by atoms with Crippen molar-refractivity contribution in [3.05, 3.63) is 46.6 Å². The fraction of sp³-hybridized carbons (Fsp3) is 0.250. The highest BCUT2D eigenvalue weighted by atomic mass is 79.9. The SMILES string of the molecule is CC(C)(C)c1cc2c(ccc3ccc(Br)cc32)[nH]1. The van der Waals surface area contributed by atoms with Gasteiger partial charge in [0.1, 0.15) is 0 Å². The third kappa shape index (κ3) is 1.85. The Kier molecular flexibility index (Phi) is 2.53. The predicted octanol–water partition coefficient (Wildman–Crippen LogP) is 5.38. The van der Waals surface area contributed by atoms with E-state index < -0.39 is 0 Å². The maximum Gasteiger partial charge on any atom is 0.0462 e. The summed E-state index contributed by atoms with van der Waals surface area (Å²) in [6.45, 7) is 6.70. The number of fused-ring (bicyclic) bond motifs is 3. The Morgan fingerprint density at radius 2 is 1.67 bits per heavy atom. The zero-order chi connectivity index (χ0) is 12.9. The first-order valence-corrected chi connectivity index (χ1v) is 6.96. The van der Waals surface area contributed by atoms with Gasteiger partial charge in [-0.1, -0.05) is 48.8 Å². The molecule has 0 spiro atoms. The van der Waals surface area contributed by atoms with Crippen molar-refractivity contribution in [3.63, 3.8) is 0 Å². The van der Waals surface area contributed by atoms with Crippen molar-refractivity contribution < 1.29 is 0 Å². The van der Waals surface area contributed by atoms with Crippen LogP contribution in [0.2, 0.25) is 0 Å². The van der Waals surface area contributed by atoms with E-state index in [4.69, 9.17) is 0 Å². The maximum atomic E-state index is 3.55. The molecule has 0 bridgehead atoms. The van der Waals surface area contributed by atoms with E-state index in [1.54, 1.807) is 0 Å². The van der Waals surface area contributed by atoms with Crippen LogP contribution in [-0.4, -0.2) is 4.98 Å². The molecule has 1 nitrogen and oxygen atoms in total. The first kappa shape index (κ1) is 11.8. The fourth-order valence-corrected chi connectivity index (χ4v) is 2.67. The summed E-state index contributed by atoms with van der Waals surface area (Å²) in [4.78, 5) is 3.53. The van der Waals surface area contributed by atoms with Crippen molar-refractivity contribution in [1.29, 1.82) is 0 Å². The Balaban J connectivity index is 2.39. The number of benzene rings is 2. The van der Waals surface area contributed by atoms with Gasteiger partial charge in [-0.15, -0.1) is 0 Å². The molecule has 3 rings (SSSR count). The smallest absolute Gasteiger partial charge is 0.0462 e. The monoisotopic (exact) mass is 301 g/mol. The van der Waals surface area contributed by atoms with Crippen LogP contribution in [0, 0.1) is 0 Å². The quantitative estimate of drug-likeness (QED) is 0.574. The largest absolute Gasteiger partial charge is 0.358 e. The standard InChI is InChI=1S/C16H16BrN/c1-16(2,3)15-9-13-12-8-11(17)6-4-10(12)5-7-14(13)18-15/h4-9,18H,1-3H3. The normalized spacial score (nSPS) is 12.4. The van der Waals surface area contributed by atoms with Crippen LogP contribution in [0.25, 0.3) is 21.7 Å². The number of aromatic amines is 1. The molecule has 0 radical (unpaired) electrons. The zero-order valence-corrected chi connectivity index (χ0v) is 12.4. The summed E-state index contributed by atoms with van der Waals surface area (Å²) < 4.78 is 1.13. The third-order valence-electron chi connectivity index (χ3n) is 3.39. The molecular weight excluding hydrogens is 286 g/mol. The lowest BCUT2D eigenvalue weighted by molar-refractivity contribution is 0.574. The molecule has 1 N–H and O–H groups in total. The zero-order valence-electron chi connectivity index (χ0n) is 10.8. The van der Waals surface area contributed by atoms with E-state index in [0.717, 1.165) is 4.47 Å². The van der Waals surface area contributed by atoms with Gasteiger partial charge in [-0.05, 0) is 35.0 Å². The lowest BCUT2D eigenvalue weighted by Gasteiger charge is -2.15. The first-order chi connectivity index (χ1) is 8.45. The highest BCUT2D eigenvalue weighted by molar-refractivity contribution is 9.10. The molecule has 3 aromatic rings. The van der Waals surface area contributed by atoms with E-state index in [-0.39, 0.29) is 5.41 Å². The molecule has 0 fully saturated rings. The van der Waals surface area contributed by atoms with E-state index in [1.807, 2.05) is 0 Å². The fourth-order valence-electron chi connectivity index (χ4n) is 2.31. The summed E-state index contributed by atoms with van der Waals surface area (Å²) in [6.07, 6.45) is 0. The number of hydrogen-bond donors (Lipinski definition) is 1. The van der Waals surface area contributed by atoms with E-state index in [1.165, 1.54) is 27.4 Å². The summed E-state index contributed by atoms with van der Waals surface area (Å²) in [6, 6.07) is 13.1. The molecule has 18 heavy (non-hydrogen) atoms. The lowest BCUT2D eigenvalue weighted by Crippen LogP contribution is -2.10. The van der Waals surface area contributed by atoms with E-state index in [2.05, 4.69) is 78.1 Å². The molecule has 0 saturated heterocycles. The topological polar surface area (TPSA) is 15.8 Å². The van der Waals surface area contributed by atoms with Crippen molar-refractivity contribution in [1.82, 2.24) is 4.98 Å². The summed E-state index contributed by atoms with van der Waals surface area (Å²) in [7, 11) is 0. The molecule has 0 saturated carbocycles. The molecule has 1 aromatic heterocycles. The van der Waals surface area contributed by atoms with Gasteiger partial charge in [-0.3, -0.25) is 0 Å². The molecule has 0 aliphatic rings. The summed E-state index contributed by atoms with van der Waals surface area (Å²) in [5.74, 6) is 0. The van der Waals surface area contributed by atoms with Gasteiger partial charge >= 0.3 is 0 Å². The molecule has 0 aliphatic carbocycles. The second-order valence-corrected chi connectivity index (χ2v) is 6.74. The van der Waals surface area contributed by atoms with Crippen molar-refractivity contribution in [2.75, 3.05) is 0 Å². The van der Waals surface area contributed by atoms with Crippen molar-refractivity contribution in [2.45, 2.75) is 26.2 Å². The maximum absolute atomic E-state index is 3.55. The van der Waals surface area contributed by atoms with E-state index in [9.17, 15) is 0 Å². The number of nitrogens with one attached hydrogen (secondary N) is 1. The van der Waals surface area contributed by atoms with Gasteiger partial charge in [0.15, 0.2) is 0 Å². The number of halogens is 1. The highest BCUT2D eigenvalue weighted by Crippen LogP contribution is 2.31. The Morgan fingerprint density at radius 3 is 2.39 bits per heavy atom. The van der Waals surface area contributed by atoms with Crippen LogP contribution in [0.4, 0.5) is 0 Å². The van der Waals surface area contributed by atoms with Crippen molar-refractivity contribution in [3.8, 4) is 0 Å². The Bertz CT molecular complexity index is 732. The average molecular weight is 302 g/mol.